The van der Waals surface area contributed by atoms with Crippen molar-refractivity contribution in [3.8, 4) is 0 Å². The second-order valence-electron chi connectivity index (χ2n) is 3.97. The molecular formula is C12H16N2O2. The van der Waals surface area contributed by atoms with Gasteiger partial charge >= 0.3 is 6.03 Å². The number of anilines is 1. The molecule has 1 heterocycles. The minimum atomic E-state index is -0.211. The summed E-state index contributed by atoms with van der Waals surface area (Å²) < 4.78 is 5.31. The number of carbonyl (C=O) groups excluding carboxylic acids is 1. The van der Waals surface area contributed by atoms with Crippen LogP contribution in [0.25, 0.3) is 0 Å². The highest BCUT2D eigenvalue weighted by Gasteiger charge is 2.17. The standard InChI is InChI=1S/C12H16N2O2/c1-9-4-2-5-10(8-9)13-12(15)14-11-6-3-7-16-11/h2,4-5,8,11H,3,6-7H2,1H3,(H2,13,14,15). The van der Waals surface area contributed by atoms with Crippen molar-refractivity contribution in [2.24, 2.45) is 0 Å². The molecule has 16 heavy (non-hydrogen) atoms. The van der Waals surface area contributed by atoms with E-state index < -0.39 is 0 Å². The van der Waals surface area contributed by atoms with Crippen molar-refractivity contribution >= 4 is 11.7 Å². The summed E-state index contributed by atoms with van der Waals surface area (Å²) in [6.07, 6.45) is 1.76. The number of amides is 2. The molecule has 2 rings (SSSR count). The zero-order chi connectivity index (χ0) is 11.4. The topological polar surface area (TPSA) is 50.4 Å². The molecule has 0 radical (unpaired) electrons. The van der Waals surface area contributed by atoms with Gasteiger partial charge in [-0.05, 0) is 37.5 Å². The van der Waals surface area contributed by atoms with E-state index in [4.69, 9.17) is 4.74 Å². The first-order chi connectivity index (χ1) is 7.74. The highest BCUT2D eigenvalue weighted by molar-refractivity contribution is 5.89. The van der Waals surface area contributed by atoms with Crippen molar-refractivity contribution in [2.45, 2.75) is 26.0 Å². The van der Waals surface area contributed by atoms with Crippen LogP contribution >= 0.6 is 0 Å². The molecule has 1 aromatic carbocycles. The molecule has 4 heteroatoms. The number of benzene rings is 1. The number of rotatable bonds is 2. The third kappa shape index (κ3) is 2.97. The maximum absolute atomic E-state index is 11.6. The fraction of sp³-hybridized carbons (Fsp3) is 0.417. The smallest absolute Gasteiger partial charge is 0.321 e. The molecule has 0 bridgehead atoms. The maximum Gasteiger partial charge on any atom is 0.321 e. The van der Waals surface area contributed by atoms with Crippen LogP contribution in [0.4, 0.5) is 10.5 Å². The first kappa shape index (κ1) is 11.0. The van der Waals surface area contributed by atoms with E-state index in [0.29, 0.717) is 0 Å². The molecule has 4 nitrogen and oxygen atoms in total. The highest BCUT2D eigenvalue weighted by atomic mass is 16.5. The normalized spacial score (nSPS) is 19.4. The van der Waals surface area contributed by atoms with Gasteiger partial charge in [0, 0.05) is 12.3 Å². The van der Waals surface area contributed by atoms with E-state index >= 15 is 0 Å². The molecule has 1 aliphatic rings. The minimum Gasteiger partial charge on any atom is -0.358 e. The predicted octanol–water partition coefficient (Wildman–Crippen LogP) is 2.25. The number of nitrogens with one attached hydrogen (secondary N) is 2. The second-order valence-corrected chi connectivity index (χ2v) is 3.97. The lowest BCUT2D eigenvalue weighted by atomic mass is 10.2. The lowest BCUT2D eigenvalue weighted by molar-refractivity contribution is 0.0928. The van der Waals surface area contributed by atoms with Gasteiger partial charge in [-0.3, -0.25) is 0 Å². The Bertz CT molecular complexity index is 373. The van der Waals surface area contributed by atoms with Gasteiger partial charge in [0.1, 0.15) is 6.23 Å². The summed E-state index contributed by atoms with van der Waals surface area (Å²) in [4.78, 5) is 11.6. The Morgan fingerprint density at radius 2 is 2.38 bits per heavy atom. The van der Waals surface area contributed by atoms with E-state index in [1.165, 1.54) is 0 Å². The van der Waals surface area contributed by atoms with Crippen LogP contribution < -0.4 is 10.6 Å². The van der Waals surface area contributed by atoms with Crippen molar-refractivity contribution in [3.05, 3.63) is 29.8 Å². The monoisotopic (exact) mass is 220 g/mol. The number of urea groups is 1. The number of hydrogen-bond acceptors (Lipinski definition) is 2. The van der Waals surface area contributed by atoms with Gasteiger partial charge in [-0.25, -0.2) is 4.79 Å². The van der Waals surface area contributed by atoms with Gasteiger partial charge in [-0.1, -0.05) is 12.1 Å². The zero-order valence-electron chi connectivity index (χ0n) is 9.32. The van der Waals surface area contributed by atoms with Gasteiger partial charge in [-0.2, -0.15) is 0 Å². The van der Waals surface area contributed by atoms with Crippen LogP contribution in [0, 0.1) is 6.92 Å². The summed E-state index contributed by atoms with van der Waals surface area (Å²) in [5.41, 5.74) is 1.92. The molecule has 0 spiro atoms. The molecule has 1 saturated heterocycles. The Morgan fingerprint density at radius 3 is 3.06 bits per heavy atom. The van der Waals surface area contributed by atoms with Crippen LogP contribution in [0.15, 0.2) is 24.3 Å². The van der Waals surface area contributed by atoms with Crippen LogP contribution in [0.2, 0.25) is 0 Å². The second kappa shape index (κ2) is 4.99. The fourth-order valence-corrected chi connectivity index (χ4v) is 1.73. The third-order valence-corrected chi connectivity index (χ3v) is 2.50. The quantitative estimate of drug-likeness (QED) is 0.803. The number of aryl methyl sites for hydroxylation is 1. The number of carbonyl (C=O) groups is 1. The zero-order valence-corrected chi connectivity index (χ0v) is 9.32. The van der Waals surface area contributed by atoms with Gasteiger partial charge in [0.05, 0.1) is 0 Å². The Labute approximate surface area is 95.0 Å². The first-order valence-electron chi connectivity index (χ1n) is 5.50. The Hall–Kier alpha value is -1.55. The van der Waals surface area contributed by atoms with Crippen molar-refractivity contribution in [2.75, 3.05) is 11.9 Å². The molecule has 0 aliphatic carbocycles. The molecule has 2 N–H and O–H groups in total. The maximum atomic E-state index is 11.6. The Balaban J connectivity index is 1.86. The van der Waals surface area contributed by atoms with Crippen LogP contribution in [-0.2, 0) is 4.74 Å². The van der Waals surface area contributed by atoms with E-state index in [0.717, 1.165) is 30.7 Å². The molecule has 1 unspecified atom stereocenters. The summed E-state index contributed by atoms with van der Waals surface area (Å²) in [6.45, 7) is 2.72. The third-order valence-electron chi connectivity index (χ3n) is 2.50. The van der Waals surface area contributed by atoms with E-state index in [2.05, 4.69) is 10.6 Å². The molecule has 1 aliphatic heterocycles. The average molecular weight is 220 g/mol. The highest BCUT2D eigenvalue weighted by Crippen LogP contribution is 2.11. The molecular weight excluding hydrogens is 204 g/mol. The van der Waals surface area contributed by atoms with Crippen molar-refractivity contribution < 1.29 is 9.53 Å². The summed E-state index contributed by atoms with van der Waals surface area (Å²) in [5.74, 6) is 0. The van der Waals surface area contributed by atoms with E-state index in [-0.39, 0.29) is 12.3 Å². The van der Waals surface area contributed by atoms with Crippen molar-refractivity contribution in [1.82, 2.24) is 5.32 Å². The lowest BCUT2D eigenvalue weighted by Crippen LogP contribution is -2.37. The van der Waals surface area contributed by atoms with Crippen LogP contribution in [0.5, 0.6) is 0 Å². The average Bonchev–Trinajstić information content (AvgIpc) is 2.70. The number of ether oxygens (including phenoxy) is 1. The molecule has 0 aromatic heterocycles. The molecule has 0 saturated carbocycles. The Kier molecular flexibility index (Phi) is 3.41. The van der Waals surface area contributed by atoms with Crippen LogP contribution in [-0.4, -0.2) is 18.9 Å². The summed E-state index contributed by atoms with van der Waals surface area (Å²) in [7, 11) is 0. The van der Waals surface area contributed by atoms with Crippen molar-refractivity contribution in [1.29, 1.82) is 0 Å². The summed E-state index contributed by atoms with van der Waals surface area (Å²) in [5, 5.41) is 5.55. The lowest BCUT2D eigenvalue weighted by Gasteiger charge is -2.12. The Morgan fingerprint density at radius 1 is 1.50 bits per heavy atom. The van der Waals surface area contributed by atoms with Gasteiger partial charge in [0.2, 0.25) is 0 Å². The predicted molar refractivity (Wildman–Crippen MR) is 62.3 cm³/mol. The summed E-state index contributed by atoms with van der Waals surface area (Å²) in [6, 6.07) is 7.48. The largest absolute Gasteiger partial charge is 0.358 e. The van der Waals surface area contributed by atoms with E-state index in [1.807, 2.05) is 31.2 Å². The van der Waals surface area contributed by atoms with Crippen LogP contribution in [0.3, 0.4) is 0 Å². The molecule has 86 valence electrons. The fourth-order valence-electron chi connectivity index (χ4n) is 1.73. The van der Waals surface area contributed by atoms with Crippen LogP contribution in [0.1, 0.15) is 18.4 Å². The van der Waals surface area contributed by atoms with E-state index in [9.17, 15) is 4.79 Å². The number of hydrogen-bond donors (Lipinski definition) is 2. The molecule has 1 fully saturated rings. The molecule has 1 atom stereocenters. The van der Waals surface area contributed by atoms with Gasteiger partial charge < -0.3 is 15.4 Å². The molecule has 2 amide bonds. The SMILES string of the molecule is Cc1cccc(NC(=O)NC2CCCO2)c1. The summed E-state index contributed by atoms with van der Waals surface area (Å²) >= 11 is 0. The van der Waals surface area contributed by atoms with E-state index in [1.54, 1.807) is 0 Å². The van der Waals surface area contributed by atoms with Gasteiger partial charge in [-0.15, -0.1) is 0 Å². The van der Waals surface area contributed by atoms with Crippen molar-refractivity contribution in [3.63, 3.8) is 0 Å². The minimum absolute atomic E-state index is 0.134. The van der Waals surface area contributed by atoms with Gasteiger partial charge in [0.25, 0.3) is 0 Å². The van der Waals surface area contributed by atoms with Gasteiger partial charge in [0.15, 0.2) is 0 Å². The molecule has 1 aromatic rings. The first-order valence-corrected chi connectivity index (χ1v) is 5.50.